The third kappa shape index (κ3) is 5.10. The Bertz CT molecular complexity index is 1360. The Labute approximate surface area is 259 Å². The Morgan fingerprint density at radius 2 is 1.81 bits per heavy atom. The van der Waals surface area contributed by atoms with Gasteiger partial charge in [0.05, 0.1) is 30.6 Å². The summed E-state index contributed by atoms with van der Waals surface area (Å²) in [6, 6.07) is 14.7. The van der Waals surface area contributed by atoms with Crippen LogP contribution < -0.4 is 4.90 Å². The lowest BCUT2D eigenvalue weighted by molar-refractivity contribution is -0.147. The Morgan fingerprint density at radius 3 is 2.43 bits per heavy atom. The van der Waals surface area contributed by atoms with Crippen molar-refractivity contribution in [3.8, 4) is 0 Å². The fourth-order valence-electron chi connectivity index (χ4n) is 6.81. The Balaban J connectivity index is 1.56. The van der Waals surface area contributed by atoms with Crippen LogP contribution in [0.1, 0.15) is 18.9 Å². The van der Waals surface area contributed by atoms with E-state index in [1.807, 2.05) is 30.3 Å². The zero-order chi connectivity index (χ0) is 30.2. The van der Waals surface area contributed by atoms with E-state index in [2.05, 4.69) is 29.1 Å². The van der Waals surface area contributed by atoms with Gasteiger partial charge in [-0.1, -0.05) is 70.0 Å². The number of rotatable bonds is 11. The second kappa shape index (κ2) is 12.3. The van der Waals surface area contributed by atoms with E-state index < -0.39 is 35.6 Å². The number of carbonyl (C=O) groups is 3. The summed E-state index contributed by atoms with van der Waals surface area (Å²) in [4.78, 5) is 47.6. The predicted molar refractivity (Wildman–Crippen MR) is 165 cm³/mol. The van der Waals surface area contributed by atoms with Crippen molar-refractivity contribution in [2.24, 2.45) is 11.8 Å². The highest BCUT2D eigenvalue weighted by molar-refractivity contribution is 9.09. The summed E-state index contributed by atoms with van der Waals surface area (Å²) in [5.74, 6) is -2.64. The van der Waals surface area contributed by atoms with E-state index in [-0.39, 0.29) is 35.7 Å². The lowest BCUT2D eigenvalue weighted by Crippen LogP contribution is -2.59. The first kappa shape index (κ1) is 30.5. The second-order valence-corrected chi connectivity index (χ2v) is 12.8. The average Bonchev–Trinajstić information content (AvgIpc) is 3.59. The van der Waals surface area contributed by atoms with Crippen molar-refractivity contribution in [3.63, 3.8) is 0 Å². The largest absolute Gasteiger partial charge is 0.394 e. The molecule has 0 saturated carbocycles. The first-order valence-electron chi connectivity index (χ1n) is 14.0. The van der Waals surface area contributed by atoms with Gasteiger partial charge in [-0.25, -0.2) is 0 Å². The minimum Gasteiger partial charge on any atom is -0.394 e. The van der Waals surface area contributed by atoms with Gasteiger partial charge in [0.25, 0.3) is 5.91 Å². The van der Waals surface area contributed by atoms with Gasteiger partial charge in [0.2, 0.25) is 11.8 Å². The number of ether oxygens (including phenoxy) is 1. The molecule has 2 bridgehead atoms. The van der Waals surface area contributed by atoms with Crippen LogP contribution >= 0.6 is 27.5 Å². The van der Waals surface area contributed by atoms with Crippen LogP contribution in [-0.4, -0.2) is 80.9 Å². The number of fused-ring (bicyclic) bond motifs is 1. The fourth-order valence-corrected chi connectivity index (χ4v) is 7.88. The molecule has 1 spiro atoms. The normalized spacial score (nSPS) is 28.3. The van der Waals surface area contributed by atoms with Crippen molar-refractivity contribution < 1.29 is 24.2 Å². The first-order chi connectivity index (χ1) is 20.2. The van der Waals surface area contributed by atoms with Crippen LogP contribution in [0.25, 0.3) is 0 Å². The highest BCUT2D eigenvalue weighted by Gasteiger charge is 2.77. The summed E-state index contributed by atoms with van der Waals surface area (Å²) >= 11 is 9.85. The number of aliphatic hydroxyl groups is 1. The third-order valence-electron chi connectivity index (χ3n) is 8.58. The number of hydrogen-bond donors (Lipinski definition) is 1. The molecule has 3 unspecified atom stereocenters. The summed E-state index contributed by atoms with van der Waals surface area (Å²) in [7, 11) is 0. The molecule has 3 heterocycles. The van der Waals surface area contributed by atoms with Crippen molar-refractivity contribution in [1.29, 1.82) is 0 Å². The van der Waals surface area contributed by atoms with Crippen LogP contribution in [0.3, 0.4) is 0 Å². The van der Waals surface area contributed by atoms with Gasteiger partial charge in [-0.2, -0.15) is 0 Å². The number of benzene rings is 2. The average molecular weight is 657 g/mol. The summed E-state index contributed by atoms with van der Waals surface area (Å²) in [5, 5.41) is 10.7. The maximum atomic E-state index is 14.5. The Morgan fingerprint density at radius 1 is 1.14 bits per heavy atom. The van der Waals surface area contributed by atoms with E-state index in [0.29, 0.717) is 30.2 Å². The minimum absolute atomic E-state index is 0.182. The molecule has 3 aliphatic rings. The van der Waals surface area contributed by atoms with Crippen LogP contribution in [0.2, 0.25) is 5.02 Å². The molecule has 222 valence electrons. The van der Waals surface area contributed by atoms with E-state index in [9.17, 15) is 19.5 Å². The quantitative estimate of drug-likeness (QED) is 0.289. The van der Waals surface area contributed by atoms with Crippen molar-refractivity contribution in [3.05, 3.63) is 90.5 Å². The highest BCUT2D eigenvalue weighted by atomic mass is 79.9. The van der Waals surface area contributed by atoms with Crippen molar-refractivity contribution >= 4 is 50.9 Å². The third-order valence-corrected chi connectivity index (χ3v) is 9.68. The summed E-state index contributed by atoms with van der Waals surface area (Å²) in [6.07, 6.45) is 3.05. The van der Waals surface area contributed by atoms with Gasteiger partial charge in [0, 0.05) is 35.2 Å². The van der Waals surface area contributed by atoms with E-state index >= 15 is 0 Å². The molecule has 0 aliphatic carbocycles. The molecule has 3 fully saturated rings. The molecule has 2 aromatic carbocycles. The number of amides is 3. The molecule has 0 radical (unpaired) electrons. The number of anilines is 1. The molecule has 3 amide bonds. The molecule has 3 saturated heterocycles. The molecule has 2 aromatic rings. The number of aliphatic hydroxyl groups excluding tert-OH is 1. The molecular weight excluding hydrogens is 622 g/mol. The predicted octanol–water partition coefficient (Wildman–Crippen LogP) is 4.20. The monoisotopic (exact) mass is 655 g/mol. The van der Waals surface area contributed by atoms with E-state index in [0.717, 1.165) is 5.56 Å². The van der Waals surface area contributed by atoms with Gasteiger partial charge in [0.1, 0.15) is 11.6 Å². The number of alkyl halides is 1. The Kier molecular flexibility index (Phi) is 8.94. The molecule has 42 heavy (non-hydrogen) atoms. The van der Waals surface area contributed by atoms with Crippen molar-refractivity contribution in [2.75, 3.05) is 24.6 Å². The summed E-state index contributed by atoms with van der Waals surface area (Å²) < 4.78 is 6.66. The molecule has 0 aromatic heterocycles. The summed E-state index contributed by atoms with van der Waals surface area (Å²) in [6.45, 7) is 9.84. The van der Waals surface area contributed by atoms with Gasteiger partial charge in [0.15, 0.2) is 0 Å². The SMILES string of the molecule is C=CCN(Cc1ccccc1)C(=O)[C@H]1[C@@H]2OC3(CC2Br)C(C(=O)N(CC=C)c2ccc(Cl)cc2)N([C@H](C)CO)C(=O)[C@H]13. The van der Waals surface area contributed by atoms with Crippen molar-refractivity contribution in [2.45, 2.75) is 48.5 Å². The van der Waals surface area contributed by atoms with Gasteiger partial charge in [-0.15, -0.1) is 13.2 Å². The molecule has 1 N–H and O–H groups in total. The maximum absolute atomic E-state index is 14.5. The van der Waals surface area contributed by atoms with E-state index in [1.54, 1.807) is 53.1 Å². The zero-order valence-corrected chi connectivity index (χ0v) is 25.8. The lowest BCUT2D eigenvalue weighted by Gasteiger charge is -2.38. The van der Waals surface area contributed by atoms with E-state index in [4.69, 9.17) is 16.3 Å². The number of hydrogen-bond acceptors (Lipinski definition) is 5. The lowest BCUT2D eigenvalue weighted by atomic mass is 9.70. The molecular formula is C32H35BrClN3O5. The number of likely N-dealkylation sites (tertiary alicyclic amines) is 1. The zero-order valence-electron chi connectivity index (χ0n) is 23.4. The molecule has 3 aliphatic heterocycles. The van der Waals surface area contributed by atoms with Crippen LogP contribution in [0.15, 0.2) is 79.9 Å². The molecule has 8 nitrogen and oxygen atoms in total. The summed E-state index contributed by atoms with van der Waals surface area (Å²) in [5.41, 5.74) is 0.282. The molecule has 7 atom stereocenters. The van der Waals surface area contributed by atoms with Crippen LogP contribution in [0.4, 0.5) is 5.69 Å². The first-order valence-corrected chi connectivity index (χ1v) is 15.3. The molecule has 5 rings (SSSR count). The minimum atomic E-state index is -1.25. The highest BCUT2D eigenvalue weighted by Crippen LogP contribution is 2.61. The van der Waals surface area contributed by atoms with E-state index in [1.165, 1.54) is 4.90 Å². The van der Waals surface area contributed by atoms with Crippen LogP contribution in [0, 0.1) is 11.8 Å². The van der Waals surface area contributed by atoms with Gasteiger partial charge >= 0.3 is 0 Å². The van der Waals surface area contributed by atoms with Crippen LogP contribution in [0.5, 0.6) is 0 Å². The van der Waals surface area contributed by atoms with Gasteiger partial charge < -0.3 is 24.5 Å². The van der Waals surface area contributed by atoms with Crippen LogP contribution in [-0.2, 0) is 25.7 Å². The van der Waals surface area contributed by atoms with Gasteiger partial charge in [-0.05, 0) is 43.2 Å². The number of nitrogens with zero attached hydrogens (tertiary/aromatic N) is 3. The Hall–Kier alpha value is -2.98. The smallest absolute Gasteiger partial charge is 0.253 e. The van der Waals surface area contributed by atoms with Gasteiger partial charge in [-0.3, -0.25) is 14.4 Å². The molecule has 10 heteroatoms. The topological polar surface area (TPSA) is 90.4 Å². The fraction of sp³-hybridized carbons (Fsp3) is 0.406. The maximum Gasteiger partial charge on any atom is 0.253 e. The second-order valence-electron chi connectivity index (χ2n) is 11.1. The standard InChI is InChI=1S/C32H35BrClN3O5/c1-4-15-35(18-21-9-7-6-8-10-21)29(39)25-26-30(40)37(20(3)19-38)28(32(26)17-24(33)27(25)42-32)31(41)36(16-5-2)23-13-11-22(34)12-14-23/h4-14,20,24-28,38H,1-2,15-19H2,3H3/t20-,24?,25-,26+,27-,28?,32?/m1/s1. The number of halogens is 2. The number of carbonyl (C=O) groups excluding carboxylic acids is 3. The van der Waals surface area contributed by atoms with Crippen molar-refractivity contribution in [1.82, 2.24) is 9.80 Å².